The van der Waals surface area contributed by atoms with Crippen molar-refractivity contribution in [2.45, 2.75) is 19.1 Å². The minimum absolute atomic E-state index is 0.248. The molecule has 116 valence electrons. The van der Waals surface area contributed by atoms with Crippen LogP contribution in [0.3, 0.4) is 0 Å². The first-order valence-electron chi connectivity index (χ1n) is 6.33. The molecule has 1 N–H and O–H groups in total. The number of carbonyl (C=O) groups is 1. The molecule has 0 amide bonds. The van der Waals surface area contributed by atoms with Gasteiger partial charge in [-0.1, -0.05) is 0 Å². The molecule has 6 nitrogen and oxygen atoms in total. The molecule has 1 saturated heterocycles. The Kier molecular flexibility index (Phi) is 4.90. The quantitative estimate of drug-likeness (QED) is 0.774. The first-order valence-corrected chi connectivity index (χ1v) is 8.94. The molecule has 0 spiro atoms. The maximum Gasteiger partial charge on any atom is 0.175 e. The minimum Gasteiger partial charge on any atom is -0.490 e. The summed E-state index contributed by atoms with van der Waals surface area (Å²) in [5.41, 5.74) is 0.400. The second-order valence-corrected chi connectivity index (χ2v) is 7.69. The Balaban J connectivity index is 2.33. The maximum atomic E-state index is 11.5. The van der Waals surface area contributed by atoms with Crippen LogP contribution >= 0.6 is 15.9 Å². The van der Waals surface area contributed by atoms with Gasteiger partial charge in [-0.25, -0.2) is 8.42 Å². The Labute approximate surface area is 131 Å². The average molecular weight is 379 g/mol. The normalized spacial score (nSPS) is 23.8. The van der Waals surface area contributed by atoms with Crippen molar-refractivity contribution in [2.75, 3.05) is 18.1 Å². The highest BCUT2D eigenvalue weighted by Crippen LogP contribution is 2.38. The van der Waals surface area contributed by atoms with Crippen molar-refractivity contribution >= 4 is 32.1 Å². The monoisotopic (exact) mass is 378 g/mol. The highest BCUT2D eigenvalue weighted by Gasteiger charge is 2.39. The van der Waals surface area contributed by atoms with Gasteiger partial charge in [-0.3, -0.25) is 4.79 Å². The Hall–Kier alpha value is -1.12. The number of halogens is 1. The summed E-state index contributed by atoms with van der Waals surface area (Å²) in [6, 6.07) is 3.05. The molecule has 1 heterocycles. The van der Waals surface area contributed by atoms with E-state index in [1.165, 1.54) is 6.07 Å². The number of rotatable bonds is 5. The number of hydrogen-bond donors (Lipinski definition) is 1. The van der Waals surface area contributed by atoms with Crippen LogP contribution in [0.4, 0.5) is 0 Å². The van der Waals surface area contributed by atoms with Crippen LogP contribution < -0.4 is 9.47 Å². The smallest absolute Gasteiger partial charge is 0.175 e. The van der Waals surface area contributed by atoms with Gasteiger partial charge in [0.1, 0.15) is 18.5 Å². The molecule has 2 atom stereocenters. The molecular formula is C13H15BrO6S. The lowest BCUT2D eigenvalue weighted by molar-refractivity contribution is 0.0708. The molecule has 1 aromatic rings. The first-order chi connectivity index (χ1) is 9.86. The number of benzene rings is 1. The topological polar surface area (TPSA) is 89.9 Å². The zero-order valence-corrected chi connectivity index (χ0v) is 13.7. The highest BCUT2D eigenvalue weighted by atomic mass is 79.9. The third kappa shape index (κ3) is 3.75. The summed E-state index contributed by atoms with van der Waals surface area (Å²) in [7, 11) is -3.30. The van der Waals surface area contributed by atoms with Gasteiger partial charge in [-0.05, 0) is 35.0 Å². The lowest BCUT2D eigenvalue weighted by Crippen LogP contribution is -2.30. The molecule has 0 radical (unpaired) electrons. The van der Waals surface area contributed by atoms with E-state index in [1.807, 2.05) is 0 Å². The summed E-state index contributed by atoms with van der Waals surface area (Å²) in [6.45, 7) is 2.14. The zero-order valence-electron chi connectivity index (χ0n) is 11.3. The largest absolute Gasteiger partial charge is 0.490 e. The van der Waals surface area contributed by atoms with E-state index in [-0.39, 0.29) is 17.3 Å². The van der Waals surface area contributed by atoms with Gasteiger partial charge in [-0.2, -0.15) is 0 Å². The van der Waals surface area contributed by atoms with E-state index in [2.05, 4.69) is 15.9 Å². The van der Waals surface area contributed by atoms with Crippen LogP contribution in [0.5, 0.6) is 11.5 Å². The number of hydrogen-bond acceptors (Lipinski definition) is 6. The highest BCUT2D eigenvalue weighted by molar-refractivity contribution is 9.10. The second-order valence-electron chi connectivity index (χ2n) is 4.68. The summed E-state index contributed by atoms with van der Waals surface area (Å²) < 4.78 is 34.5. The van der Waals surface area contributed by atoms with Crippen molar-refractivity contribution in [2.24, 2.45) is 0 Å². The molecule has 8 heteroatoms. The van der Waals surface area contributed by atoms with E-state index < -0.39 is 22.0 Å². The van der Waals surface area contributed by atoms with E-state index in [0.717, 1.165) is 0 Å². The third-order valence-corrected chi connectivity index (χ3v) is 5.28. The molecule has 1 fully saturated rings. The summed E-state index contributed by atoms with van der Waals surface area (Å²) in [6.07, 6.45) is -1.26. The van der Waals surface area contributed by atoms with E-state index >= 15 is 0 Å². The number of aldehydes is 1. The summed E-state index contributed by atoms with van der Waals surface area (Å²) >= 11 is 3.27. The number of ether oxygens (including phenoxy) is 2. The van der Waals surface area contributed by atoms with Crippen molar-refractivity contribution in [3.8, 4) is 11.5 Å². The van der Waals surface area contributed by atoms with Gasteiger partial charge in [-0.15, -0.1) is 0 Å². The fourth-order valence-corrected chi connectivity index (χ4v) is 4.31. The lowest BCUT2D eigenvalue weighted by atomic mass is 10.2. The van der Waals surface area contributed by atoms with Gasteiger partial charge in [0.05, 0.1) is 22.6 Å². The average Bonchev–Trinajstić information content (AvgIpc) is 2.66. The lowest BCUT2D eigenvalue weighted by Gasteiger charge is -2.19. The van der Waals surface area contributed by atoms with Gasteiger partial charge in [0.15, 0.2) is 21.3 Å². The SMILES string of the molecule is CCOc1cc(C=O)cc(Br)c1OC1CS(=O)(=O)CC1O. The number of carbonyl (C=O) groups excluding carboxylic acids is 1. The molecule has 1 aliphatic heterocycles. The minimum atomic E-state index is -3.30. The molecule has 1 aliphatic rings. The van der Waals surface area contributed by atoms with E-state index in [4.69, 9.17) is 9.47 Å². The summed E-state index contributed by atoms with van der Waals surface area (Å²) in [4.78, 5) is 10.9. The van der Waals surface area contributed by atoms with Crippen LogP contribution in [0.1, 0.15) is 17.3 Å². The van der Waals surface area contributed by atoms with Gasteiger partial charge >= 0.3 is 0 Å². The van der Waals surface area contributed by atoms with E-state index in [0.29, 0.717) is 28.7 Å². The molecule has 21 heavy (non-hydrogen) atoms. The van der Waals surface area contributed by atoms with Crippen LogP contribution in [-0.4, -0.2) is 50.1 Å². The van der Waals surface area contributed by atoms with Crippen molar-refractivity contribution < 1.29 is 27.8 Å². The van der Waals surface area contributed by atoms with Crippen molar-refractivity contribution in [3.05, 3.63) is 22.2 Å². The molecule has 0 saturated carbocycles. The summed E-state index contributed by atoms with van der Waals surface area (Å²) in [5.74, 6) is 0.0434. The third-order valence-electron chi connectivity index (χ3n) is 3.01. The Morgan fingerprint density at radius 3 is 2.67 bits per heavy atom. The van der Waals surface area contributed by atoms with Gasteiger partial charge < -0.3 is 14.6 Å². The first kappa shape index (κ1) is 16.3. The van der Waals surface area contributed by atoms with Crippen LogP contribution in [0.25, 0.3) is 0 Å². The molecule has 1 aromatic carbocycles. The molecule has 2 rings (SSSR count). The van der Waals surface area contributed by atoms with Crippen LogP contribution in [0, 0.1) is 0 Å². The van der Waals surface area contributed by atoms with Crippen molar-refractivity contribution in [3.63, 3.8) is 0 Å². The fraction of sp³-hybridized carbons (Fsp3) is 0.462. The maximum absolute atomic E-state index is 11.5. The standard InChI is InChI=1S/C13H15BrO6S/c1-2-19-11-4-8(5-15)3-9(14)13(11)20-12-7-21(17,18)6-10(12)16/h3-5,10,12,16H,2,6-7H2,1H3. The van der Waals surface area contributed by atoms with Crippen molar-refractivity contribution in [1.29, 1.82) is 0 Å². The second kappa shape index (κ2) is 6.33. The molecular weight excluding hydrogens is 364 g/mol. The number of aliphatic hydroxyl groups is 1. The van der Waals surface area contributed by atoms with Gasteiger partial charge in [0.2, 0.25) is 0 Å². The molecule has 0 aliphatic carbocycles. The predicted molar refractivity (Wildman–Crippen MR) is 79.8 cm³/mol. The molecule has 2 unspecified atom stereocenters. The van der Waals surface area contributed by atoms with Crippen LogP contribution in [-0.2, 0) is 9.84 Å². The number of sulfone groups is 1. The fourth-order valence-electron chi connectivity index (χ4n) is 2.09. The van der Waals surface area contributed by atoms with Crippen LogP contribution in [0.15, 0.2) is 16.6 Å². The Morgan fingerprint density at radius 1 is 1.43 bits per heavy atom. The van der Waals surface area contributed by atoms with E-state index in [9.17, 15) is 18.3 Å². The molecule has 0 bridgehead atoms. The van der Waals surface area contributed by atoms with Gasteiger partial charge in [0.25, 0.3) is 0 Å². The Morgan fingerprint density at radius 2 is 2.14 bits per heavy atom. The Bertz CT molecular complexity index is 642. The van der Waals surface area contributed by atoms with E-state index in [1.54, 1.807) is 13.0 Å². The zero-order chi connectivity index (χ0) is 15.6. The summed E-state index contributed by atoms with van der Waals surface area (Å²) in [5, 5.41) is 9.78. The molecule has 0 aromatic heterocycles. The predicted octanol–water partition coefficient (Wildman–Crippen LogP) is 1.20. The number of aliphatic hydroxyl groups excluding tert-OH is 1. The van der Waals surface area contributed by atoms with Gasteiger partial charge in [0, 0.05) is 5.56 Å². The van der Waals surface area contributed by atoms with Crippen LogP contribution in [0.2, 0.25) is 0 Å². The van der Waals surface area contributed by atoms with Crippen molar-refractivity contribution in [1.82, 2.24) is 0 Å².